The number of nitrogens with one attached hydrogen (secondary N) is 1. The molecule has 0 radical (unpaired) electrons. The first-order valence-electron chi connectivity index (χ1n) is 9.60. The third-order valence-corrected chi connectivity index (χ3v) is 5.14. The Balaban J connectivity index is 1.61. The van der Waals surface area contributed by atoms with Crippen LogP contribution in [0.2, 0.25) is 0 Å². The molecular formula is C20H24N6O2. The third kappa shape index (κ3) is 3.73. The highest BCUT2D eigenvalue weighted by atomic mass is 16.5. The molecule has 8 nitrogen and oxygen atoms in total. The van der Waals surface area contributed by atoms with Gasteiger partial charge in [-0.05, 0) is 38.8 Å². The van der Waals surface area contributed by atoms with E-state index in [-0.39, 0.29) is 11.9 Å². The summed E-state index contributed by atoms with van der Waals surface area (Å²) in [7, 11) is 0. The predicted molar refractivity (Wildman–Crippen MR) is 106 cm³/mol. The summed E-state index contributed by atoms with van der Waals surface area (Å²) in [6.45, 7) is 5.75. The molecule has 0 spiro atoms. The summed E-state index contributed by atoms with van der Waals surface area (Å²) in [4.78, 5) is 32.5. The van der Waals surface area contributed by atoms with Crippen molar-refractivity contribution in [1.82, 2.24) is 20.3 Å². The summed E-state index contributed by atoms with van der Waals surface area (Å²) in [5.74, 6) is 0.544. The maximum atomic E-state index is 12.6. The van der Waals surface area contributed by atoms with E-state index in [0.29, 0.717) is 30.4 Å². The summed E-state index contributed by atoms with van der Waals surface area (Å²) in [5, 5.41) is 3.05. The Labute approximate surface area is 164 Å². The average Bonchev–Trinajstić information content (AvgIpc) is 3.14. The number of hydrogen-bond acceptors (Lipinski definition) is 7. The minimum absolute atomic E-state index is 0.135. The van der Waals surface area contributed by atoms with Gasteiger partial charge in [0.2, 0.25) is 0 Å². The molecule has 2 aromatic rings. The largest absolute Gasteiger partial charge is 0.381 e. The number of anilines is 2. The zero-order valence-corrected chi connectivity index (χ0v) is 16.2. The van der Waals surface area contributed by atoms with Crippen molar-refractivity contribution in [1.29, 1.82) is 0 Å². The number of aryl methyl sites for hydroxylation is 1. The standard InChI is InChI=1S/C20H24N6O2/c1-13-18(24-14(2)20(27)25-15-6-10-28-11-7-15)19(23-12-22-13)26-9-5-16-17(26)4-3-8-21-16/h3-4,8,12,15H,5-7,9-11H2,1-2H3,(H,25,27). The first-order valence-corrected chi connectivity index (χ1v) is 9.60. The molecule has 2 aliphatic heterocycles. The molecule has 0 bridgehead atoms. The van der Waals surface area contributed by atoms with Gasteiger partial charge in [-0.1, -0.05) is 0 Å². The highest BCUT2D eigenvalue weighted by Crippen LogP contribution is 2.38. The number of carbonyl (C=O) groups is 1. The number of amides is 1. The fourth-order valence-electron chi connectivity index (χ4n) is 3.56. The van der Waals surface area contributed by atoms with Crippen LogP contribution in [0.25, 0.3) is 0 Å². The van der Waals surface area contributed by atoms with Gasteiger partial charge in [-0.3, -0.25) is 9.78 Å². The molecule has 4 heterocycles. The number of carbonyl (C=O) groups excluding carboxylic acids is 1. The molecule has 4 rings (SSSR count). The predicted octanol–water partition coefficient (Wildman–Crippen LogP) is 2.26. The molecule has 0 saturated carbocycles. The van der Waals surface area contributed by atoms with Gasteiger partial charge in [-0.2, -0.15) is 0 Å². The maximum absolute atomic E-state index is 12.6. The number of aliphatic imine (C=N–C) groups is 1. The zero-order valence-electron chi connectivity index (χ0n) is 16.2. The number of hydrogen-bond donors (Lipinski definition) is 1. The highest BCUT2D eigenvalue weighted by molar-refractivity contribution is 6.38. The second-order valence-corrected chi connectivity index (χ2v) is 7.06. The molecule has 1 saturated heterocycles. The van der Waals surface area contributed by atoms with Crippen molar-refractivity contribution in [2.24, 2.45) is 4.99 Å². The number of nitrogens with zero attached hydrogens (tertiary/aromatic N) is 5. The van der Waals surface area contributed by atoms with Crippen molar-refractivity contribution < 1.29 is 9.53 Å². The smallest absolute Gasteiger partial charge is 0.265 e. The van der Waals surface area contributed by atoms with Crippen LogP contribution in [-0.2, 0) is 16.0 Å². The van der Waals surface area contributed by atoms with Crippen LogP contribution in [0.3, 0.4) is 0 Å². The van der Waals surface area contributed by atoms with Gasteiger partial charge in [0.15, 0.2) is 5.82 Å². The van der Waals surface area contributed by atoms with Crippen LogP contribution in [0.4, 0.5) is 17.2 Å². The summed E-state index contributed by atoms with van der Waals surface area (Å²) in [6.07, 6.45) is 5.85. The molecule has 1 amide bonds. The van der Waals surface area contributed by atoms with E-state index in [9.17, 15) is 4.79 Å². The van der Waals surface area contributed by atoms with Crippen LogP contribution < -0.4 is 10.2 Å². The van der Waals surface area contributed by atoms with Gasteiger partial charge in [0.25, 0.3) is 5.91 Å². The minimum atomic E-state index is -0.162. The Bertz CT molecular complexity index is 907. The van der Waals surface area contributed by atoms with Crippen LogP contribution in [0.15, 0.2) is 29.6 Å². The van der Waals surface area contributed by atoms with Crippen LogP contribution in [-0.4, -0.2) is 52.4 Å². The molecular weight excluding hydrogens is 356 g/mol. The topological polar surface area (TPSA) is 92.6 Å². The lowest BCUT2D eigenvalue weighted by atomic mass is 10.1. The van der Waals surface area contributed by atoms with E-state index in [1.165, 1.54) is 6.33 Å². The molecule has 0 unspecified atom stereocenters. The molecule has 8 heteroatoms. The number of aromatic nitrogens is 3. The lowest BCUT2D eigenvalue weighted by molar-refractivity contribution is -0.116. The van der Waals surface area contributed by atoms with Gasteiger partial charge in [-0.15, -0.1) is 0 Å². The van der Waals surface area contributed by atoms with Gasteiger partial charge < -0.3 is 15.0 Å². The van der Waals surface area contributed by atoms with Crippen LogP contribution >= 0.6 is 0 Å². The summed E-state index contributed by atoms with van der Waals surface area (Å²) >= 11 is 0. The highest BCUT2D eigenvalue weighted by Gasteiger charge is 2.26. The van der Waals surface area contributed by atoms with E-state index in [4.69, 9.17) is 4.74 Å². The minimum Gasteiger partial charge on any atom is -0.381 e. The number of fused-ring (bicyclic) bond motifs is 1. The monoisotopic (exact) mass is 380 g/mol. The Hall–Kier alpha value is -2.87. The van der Waals surface area contributed by atoms with Crippen molar-refractivity contribution in [2.45, 2.75) is 39.2 Å². The van der Waals surface area contributed by atoms with Crippen molar-refractivity contribution >= 4 is 28.8 Å². The number of ether oxygens (including phenoxy) is 1. The zero-order chi connectivity index (χ0) is 19.5. The normalized spacial score (nSPS) is 17.5. The quantitative estimate of drug-likeness (QED) is 0.818. The average molecular weight is 380 g/mol. The lowest BCUT2D eigenvalue weighted by Gasteiger charge is -2.23. The van der Waals surface area contributed by atoms with Crippen molar-refractivity contribution in [3.63, 3.8) is 0 Å². The maximum Gasteiger partial charge on any atom is 0.265 e. The fourth-order valence-corrected chi connectivity index (χ4v) is 3.56. The Morgan fingerprint density at radius 2 is 2.11 bits per heavy atom. The molecule has 28 heavy (non-hydrogen) atoms. The van der Waals surface area contributed by atoms with Crippen LogP contribution in [0, 0.1) is 6.92 Å². The molecule has 1 N–H and O–H groups in total. The molecule has 2 aliphatic rings. The second kappa shape index (κ2) is 8.02. The van der Waals surface area contributed by atoms with Gasteiger partial charge in [0.05, 0.1) is 17.1 Å². The summed E-state index contributed by atoms with van der Waals surface area (Å²) in [6, 6.07) is 4.08. The van der Waals surface area contributed by atoms with Gasteiger partial charge in [0, 0.05) is 38.4 Å². The molecule has 0 atom stereocenters. The third-order valence-electron chi connectivity index (χ3n) is 5.14. The summed E-state index contributed by atoms with van der Waals surface area (Å²) < 4.78 is 5.35. The van der Waals surface area contributed by atoms with Gasteiger partial charge in [0.1, 0.15) is 17.7 Å². The van der Waals surface area contributed by atoms with Crippen LogP contribution in [0.1, 0.15) is 31.2 Å². The van der Waals surface area contributed by atoms with Gasteiger partial charge in [-0.25, -0.2) is 15.0 Å². The van der Waals surface area contributed by atoms with E-state index in [1.54, 1.807) is 13.1 Å². The fraction of sp³-hybridized carbons (Fsp3) is 0.450. The van der Waals surface area contributed by atoms with E-state index in [1.807, 2.05) is 19.1 Å². The molecule has 146 valence electrons. The van der Waals surface area contributed by atoms with E-state index in [0.717, 1.165) is 42.9 Å². The first kappa shape index (κ1) is 18.5. The number of pyridine rings is 1. The molecule has 0 aromatic carbocycles. The van der Waals surface area contributed by atoms with Crippen molar-refractivity contribution in [3.8, 4) is 0 Å². The first-order chi connectivity index (χ1) is 13.6. The molecule has 2 aromatic heterocycles. The Morgan fingerprint density at radius 3 is 2.93 bits per heavy atom. The Kier molecular flexibility index (Phi) is 5.29. The molecule has 0 aliphatic carbocycles. The van der Waals surface area contributed by atoms with Crippen molar-refractivity contribution in [2.75, 3.05) is 24.7 Å². The van der Waals surface area contributed by atoms with E-state index in [2.05, 4.69) is 30.2 Å². The second-order valence-electron chi connectivity index (χ2n) is 7.06. The number of rotatable bonds is 4. The van der Waals surface area contributed by atoms with Crippen molar-refractivity contribution in [3.05, 3.63) is 36.0 Å². The Morgan fingerprint density at radius 1 is 1.29 bits per heavy atom. The van der Waals surface area contributed by atoms with Gasteiger partial charge >= 0.3 is 0 Å². The van der Waals surface area contributed by atoms with E-state index < -0.39 is 0 Å². The summed E-state index contributed by atoms with van der Waals surface area (Å²) in [5.41, 5.74) is 3.83. The molecule has 1 fully saturated rings. The van der Waals surface area contributed by atoms with E-state index >= 15 is 0 Å². The lowest BCUT2D eigenvalue weighted by Crippen LogP contribution is -2.41. The van der Waals surface area contributed by atoms with Crippen LogP contribution in [0.5, 0.6) is 0 Å². The SMILES string of the molecule is CC(=Nc1c(C)ncnc1N1CCc2ncccc21)C(=O)NC1CCOCC1.